The van der Waals surface area contributed by atoms with Crippen molar-refractivity contribution in [3.63, 3.8) is 0 Å². The Morgan fingerprint density at radius 3 is 3.05 bits per heavy atom. The molecule has 21 heavy (non-hydrogen) atoms. The molecule has 0 radical (unpaired) electrons. The molecule has 0 amide bonds. The second kappa shape index (κ2) is 5.42. The van der Waals surface area contributed by atoms with Gasteiger partial charge in [0.1, 0.15) is 6.04 Å². The molecule has 1 N–H and O–H groups in total. The number of nitrogens with one attached hydrogen (secondary N) is 1. The summed E-state index contributed by atoms with van der Waals surface area (Å²) in [6, 6.07) is 12.4. The fourth-order valence-electron chi connectivity index (χ4n) is 2.71. The zero-order chi connectivity index (χ0) is 14.1. The first-order chi connectivity index (χ1) is 10.4. The van der Waals surface area contributed by atoms with E-state index in [2.05, 4.69) is 39.0 Å². The molecule has 2 aromatic heterocycles. The van der Waals surface area contributed by atoms with E-state index >= 15 is 0 Å². The fourth-order valence-corrected chi connectivity index (χ4v) is 3.63. The highest BCUT2D eigenvalue weighted by Gasteiger charge is 2.26. The predicted molar refractivity (Wildman–Crippen MR) is 81.4 cm³/mol. The smallest absolute Gasteiger partial charge is 0.248 e. The summed E-state index contributed by atoms with van der Waals surface area (Å²) < 4.78 is 5.48. The molecule has 1 aromatic carbocycles. The molecule has 0 saturated carbocycles. The molecule has 3 aromatic rings. The summed E-state index contributed by atoms with van der Waals surface area (Å²) >= 11 is 1.80. The van der Waals surface area contributed by atoms with Crippen LogP contribution in [0.5, 0.6) is 0 Å². The van der Waals surface area contributed by atoms with E-state index in [0.717, 1.165) is 18.8 Å². The molecule has 0 bridgehead atoms. The molecule has 0 spiro atoms. The number of fused-ring (bicyclic) bond motifs is 1. The van der Waals surface area contributed by atoms with Crippen LogP contribution in [-0.2, 0) is 12.8 Å². The first kappa shape index (κ1) is 12.7. The van der Waals surface area contributed by atoms with E-state index in [1.807, 2.05) is 18.2 Å². The zero-order valence-corrected chi connectivity index (χ0v) is 12.3. The number of hydrogen-bond donors (Lipinski definition) is 1. The molecule has 0 saturated heterocycles. The monoisotopic (exact) mass is 297 g/mol. The molecule has 5 heteroatoms. The van der Waals surface area contributed by atoms with Crippen molar-refractivity contribution in [3.05, 3.63) is 69.5 Å². The maximum atomic E-state index is 5.48. The van der Waals surface area contributed by atoms with Crippen LogP contribution >= 0.6 is 11.3 Å². The van der Waals surface area contributed by atoms with E-state index < -0.39 is 0 Å². The molecule has 4 nitrogen and oxygen atoms in total. The van der Waals surface area contributed by atoms with E-state index in [-0.39, 0.29) is 6.04 Å². The lowest BCUT2D eigenvalue weighted by atomic mass is 10.0. The third-order valence-corrected chi connectivity index (χ3v) is 4.72. The minimum absolute atomic E-state index is 0.0389. The minimum Gasteiger partial charge on any atom is -0.337 e. The van der Waals surface area contributed by atoms with Crippen LogP contribution in [0, 0.1) is 0 Å². The normalized spacial score (nSPS) is 17.6. The number of nitrogens with zero attached hydrogens (tertiary/aromatic N) is 2. The van der Waals surface area contributed by atoms with Crippen LogP contribution in [0.25, 0.3) is 0 Å². The van der Waals surface area contributed by atoms with Gasteiger partial charge >= 0.3 is 0 Å². The van der Waals surface area contributed by atoms with E-state index in [4.69, 9.17) is 4.52 Å². The standard InChI is InChI=1S/C16H15N3OS/c1-2-4-11(5-3-1)10-14-18-16(20-19-14)15-12-7-9-21-13(12)6-8-17-15/h1-5,7,9,15,17H,6,8,10H2. The Bertz CT molecular complexity index is 735. The van der Waals surface area contributed by atoms with Gasteiger partial charge in [0.25, 0.3) is 0 Å². The van der Waals surface area contributed by atoms with Crippen LogP contribution in [0.1, 0.15) is 33.8 Å². The van der Waals surface area contributed by atoms with Crippen molar-refractivity contribution >= 4 is 11.3 Å². The fraction of sp³-hybridized carbons (Fsp3) is 0.250. The average molecular weight is 297 g/mol. The van der Waals surface area contributed by atoms with Gasteiger partial charge in [-0.15, -0.1) is 11.3 Å². The Hall–Kier alpha value is -1.98. The Morgan fingerprint density at radius 2 is 2.14 bits per heavy atom. The largest absolute Gasteiger partial charge is 0.337 e. The quantitative estimate of drug-likeness (QED) is 0.807. The summed E-state index contributed by atoms with van der Waals surface area (Å²) in [6.45, 7) is 0.953. The summed E-state index contributed by atoms with van der Waals surface area (Å²) in [5, 5.41) is 9.72. The molecule has 1 unspecified atom stereocenters. The third-order valence-electron chi connectivity index (χ3n) is 3.73. The minimum atomic E-state index is 0.0389. The van der Waals surface area contributed by atoms with Crippen molar-refractivity contribution in [2.45, 2.75) is 18.9 Å². The molecular weight excluding hydrogens is 282 g/mol. The lowest BCUT2D eigenvalue weighted by molar-refractivity contribution is 0.341. The number of hydrogen-bond acceptors (Lipinski definition) is 5. The number of benzene rings is 1. The summed E-state index contributed by atoms with van der Waals surface area (Å²) in [7, 11) is 0. The predicted octanol–water partition coefficient (Wildman–Crippen LogP) is 2.96. The first-order valence-electron chi connectivity index (χ1n) is 7.06. The zero-order valence-electron chi connectivity index (χ0n) is 11.5. The van der Waals surface area contributed by atoms with Gasteiger partial charge in [-0.25, -0.2) is 0 Å². The Morgan fingerprint density at radius 1 is 1.24 bits per heavy atom. The summed E-state index contributed by atoms with van der Waals surface area (Å²) in [6.07, 6.45) is 1.78. The maximum Gasteiger partial charge on any atom is 0.248 e. The van der Waals surface area contributed by atoms with Crippen molar-refractivity contribution in [2.24, 2.45) is 0 Å². The lowest BCUT2D eigenvalue weighted by Gasteiger charge is -2.20. The van der Waals surface area contributed by atoms with Gasteiger partial charge in [-0.2, -0.15) is 4.98 Å². The second-order valence-electron chi connectivity index (χ2n) is 5.15. The average Bonchev–Trinajstić information content (AvgIpc) is 3.16. The van der Waals surface area contributed by atoms with Crippen LogP contribution in [-0.4, -0.2) is 16.7 Å². The van der Waals surface area contributed by atoms with Gasteiger partial charge in [0.2, 0.25) is 5.89 Å². The maximum absolute atomic E-state index is 5.48. The van der Waals surface area contributed by atoms with E-state index in [1.54, 1.807) is 11.3 Å². The molecule has 106 valence electrons. The topological polar surface area (TPSA) is 51.0 Å². The van der Waals surface area contributed by atoms with Gasteiger partial charge in [-0.3, -0.25) is 0 Å². The van der Waals surface area contributed by atoms with Crippen molar-refractivity contribution < 1.29 is 4.52 Å². The summed E-state index contributed by atoms with van der Waals surface area (Å²) in [5.74, 6) is 1.40. The van der Waals surface area contributed by atoms with Gasteiger partial charge in [0.15, 0.2) is 5.82 Å². The van der Waals surface area contributed by atoms with Crippen molar-refractivity contribution in [3.8, 4) is 0 Å². The Balaban J connectivity index is 1.58. The molecule has 0 fully saturated rings. The van der Waals surface area contributed by atoms with Gasteiger partial charge in [-0.05, 0) is 29.0 Å². The van der Waals surface area contributed by atoms with E-state index in [1.165, 1.54) is 16.0 Å². The van der Waals surface area contributed by atoms with Crippen LogP contribution in [0.4, 0.5) is 0 Å². The first-order valence-corrected chi connectivity index (χ1v) is 7.94. The van der Waals surface area contributed by atoms with Crippen molar-refractivity contribution in [1.29, 1.82) is 0 Å². The van der Waals surface area contributed by atoms with E-state index in [0.29, 0.717) is 12.3 Å². The molecule has 1 atom stereocenters. The highest BCUT2D eigenvalue weighted by molar-refractivity contribution is 7.10. The number of aromatic nitrogens is 2. The van der Waals surface area contributed by atoms with Crippen LogP contribution in [0.2, 0.25) is 0 Å². The Kier molecular flexibility index (Phi) is 3.29. The van der Waals surface area contributed by atoms with Gasteiger partial charge < -0.3 is 9.84 Å². The summed E-state index contributed by atoms with van der Waals surface area (Å²) in [5.41, 5.74) is 2.47. The number of rotatable bonds is 3. The van der Waals surface area contributed by atoms with Crippen LogP contribution < -0.4 is 5.32 Å². The highest BCUT2D eigenvalue weighted by atomic mass is 32.1. The molecule has 1 aliphatic rings. The third kappa shape index (κ3) is 2.50. The highest BCUT2D eigenvalue weighted by Crippen LogP contribution is 2.31. The van der Waals surface area contributed by atoms with Crippen molar-refractivity contribution in [1.82, 2.24) is 15.5 Å². The summed E-state index contributed by atoms with van der Waals surface area (Å²) in [4.78, 5) is 5.99. The van der Waals surface area contributed by atoms with Gasteiger partial charge in [-0.1, -0.05) is 35.5 Å². The van der Waals surface area contributed by atoms with E-state index in [9.17, 15) is 0 Å². The molecule has 0 aliphatic carbocycles. The molecule has 1 aliphatic heterocycles. The van der Waals surface area contributed by atoms with Crippen LogP contribution in [0.15, 0.2) is 46.3 Å². The molecule has 4 rings (SSSR count). The Labute approximate surface area is 126 Å². The van der Waals surface area contributed by atoms with Crippen LogP contribution in [0.3, 0.4) is 0 Å². The lowest BCUT2D eigenvalue weighted by Crippen LogP contribution is -2.29. The molecule has 3 heterocycles. The number of thiophene rings is 1. The van der Waals surface area contributed by atoms with Gasteiger partial charge in [0, 0.05) is 17.8 Å². The molecular formula is C16H15N3OS. The SMILES string of the molecule is c1ccc(Cc2noc(C3NCCc4sccc43)n2)cc1. The second-order valence-corrected chi connectivity index (χ2v) is 6.15. The van der Waals surface area contributed by atoms with Gasteiger partial charge in [0.05, 0.1) is 0 Å². The van der Waals surface area contributed by atoms with Crippen molar-refractivity contribution in [2.75, 3.05) is 6.54 Å².